The molecule has 0 fully saturated rings. The number of nitrogens with zero attached hydrogens (tertiary/aromatic N) is 2. The Labute approximate surface area is 216 Å². The first-order valence-corrected chi connectivity index (χ1v) is 11.2. The maximum Gasteiger partial charge on any atom is 0.355 e. The lowest BCUT2D eigenvalue weighted by molar-refractivity contribution is 0.0592. The minimum atomic E-state index is -0.687. The van der Waals surface area contributed by atoms with E-state index < -0.39 is 18.0 Å². The van der Waals surface area contributed by atoms with E-state index in [4.69, 9.17) is 18.3 Å². The molecule has 0 atom stereocenters. The summed E-state index contributed by atoms with van der Waals surface area (Å²) in [5.74, 6) is 0.896. The molecule has 11 nitrogen and oxygen atoms in total. The predicted molar refractivity (Wildman–Crippen MR) is 138 cm³/mol. The number of methoxy groups -OCH3 is 2. The third-order valence-electron chi connectivity index (χ3n) is 5.11. The van der Waals surface area contributed by atoms with Gasteiger partial charge in [-0.25, -0.2) is 25.2 Å². The summed E-state index contributed by atoms with van der Waals surface area (Å²) in [7, 11) is 2.63. The van der Waals surface area contributed by atoms with Gasteiger partial charge in [0.25, 0.3) is 0 Å². The summed E-state index contributed by atoms with van der Waals surface area (Å²) in [6, 6.07) is 19.7. The van der Waals surface area contributed by atoms with Gasteiger partial charge in [0.05, 0.1) is 37.8 Å². The second kappa shape index (κ2) is 12.0. The van der Waals surface area contributed by atoms with Gasteiger partial charge in [0, 0.05) is 11.1 Å². The molecule has 0 unspecified atom stereocenters. The van der Waals surface area contributed by atoms with Crippen molar-refractivity contribution >= 4 is 30.4 Å². The first-order chi connectivity index (χ1) is 18.5. The van der Waals surface area contributed by atoms with Crippen LogP contribution in [0.25, 0.3) is 22.6 Å². The van der Waals surface area contributed by atoms with Gasteiger partial charge in [0.2, 0.25) is 0 Å². The van der Waals surface area contributed by atoms with Crippen LogP contribution in [0.4, 0.5) is 4.79 Å². The smallest absolute Gasteiger partial charge is 0.355 e. The number of carbonyl (C=O) groups is 3. The molecular formula is C27H22N4O7. The van der Waals surface area contributed by atoms with Gasteiger partial charge in [-0.15, -0.1) is 0 Å². The molecule has 0 aliphatic carbocycles. The van der Waals surface area contributed by atoms with Crippen molar-refractivity contribution in [2.24, 2.45) is 10.2 Å². The predicted octanol–water partition coefficient (Wildman–Crippen LogP) is 4.45. The third kappa shape index (κ3) is 6.40. The molecule has 4 rings (SSSR count). The van der Waals surface area contributed by atoms with Crippen LogP contribution in [-0.4, -0.2) is 44.6 Å². The molecule has 0 saturated carbocycles. The normalized spacial score (nSPS) is 11.0. The fraction of sp³-hybridized carbons (Fsp3) is 0.0741. The van der Waals surface area contributed by atoms with E-state index in [1.54, 1.807) is 72.8 Å². The zero-order chi connectivity index (χ0) is 26.9. The lowest BCUT2D eigenvalue weighted by atomic mass is 10.1. The first-order valence-electron chi connectivity index (χ1n) is 11.2. The average molecular weight is 514 g/mol. The molecule has 38 heavy (non-hydrogen) atoms. The summed E-state index contributed by atoms with van der Waals surface area (Å²) in [5, 5.41) is 7.63. The Bertz CT molecular complexity index is 1410. The van der Waals surface area contributed by atoms with Gasteiger partial charge in [0.15, 0.2) is 0 Å². The molecule has 0 radical (unpaired) electrons. The first kappa shape index (κ1) is 25.6. The van der Waals surface area contributed by atoms with Crippen molar-refractivity contribution in [3.63, 3.8) is 0 Å². The van der Waals surface area contributed by atoms with Gasteiger partial charge in [-0.2, -0.15) is 10.2 Å². The summed E-state index contributed by atoms with van der Waals surface area (Å²) in [6.07, 6.45) is 2.64. The number of carbonyl (C=O) groups excluding carboxylic acids is 3. The van der Waals surface area contributed by atoms with Gasteiger partial charge in [-0.3, -0.25) is 0 Å². The number of amides is 2. The van der Waals surface area contributed by atoms with Crippen molar-refractivity contribution < 1.29 is 32.7 Å². The summed E-state index contributed by atoms with van der Waals surface area (Å²) >= 11 is 0. The number of urea groups is 1. The van der Waals surface area contributed by atoms with Crippen LogP contribution < -0.4 is 10.9 Å². The van der Waals surface area contributed by atoms with E-state index in [1.807, 2.05) is 0 Å². The molecule has 2 amide bonds. The molecule has 0 aliphatic rings. The number of nitrogens with one attached hydrogen (secondary N) is 2. The Balaban J connectivity index is 1.29. The highest BCUT2D eigenvalue weighted by molar-refractivity contribution is 5.91. The number of hydrazone groups is 2. The van der Waals surface area contributed by atoms with E-state index in [1.165, 1.54) is 26.6 Å². The number of benzene rings is 2. The molecular weight excluding hydrogens is 492 g/mol. The second-order valence-corrected chi connectivity index (χ2v) is 7.62. The van der Waals surface area contributed by atoms with Crippen LogP contribution in [0.1, 0.15) is 32.2 Å². The number of esters is 2. The number of hydrogen-bond acceptors (Lipinski definition) is 9. The van der Waals surface area contributed by atoms with E-state index in [-0.39, 0.29) is 0 Å². The minimum Gasteiger partial charge on any atom is -0.465 e. The second-order valence-electron chi connectivity index (χ2n) is 7.62. The molecule has 2 N–H and O–H groups in total. The van der Waals surface area contributed by atoms with Crippen LogP contribution in [0.3, 0.4) is 0 Å². The molecule has 2 aromatic heterocycles. The van der Waals surface area contributed by atoms with Crippen LogP contribution in [0, 0.1) is 0 Å². The van der Waals surface area contributed by atoms with Gasteiger partial charge in [-0.05, 0) is 48.5 Å². The topological polar surface area (TPSA) is 145 Å². The van der Waals surface area contributed by atoms with E-state index in [0.29, 0.717) is 45.3 Å². The van der Waals surface area contributed by atoms with E-state index in [2.05, 4.69) is 21.1 Å². The standard InChI is InChI=1S/C27H22N4O7/c1-35-25(32)19-7-3-5-17(13-19)23-11-9-21(37-23)15-28-30-27(34)31-29-16-22-10-12-24(38-22)18-6-4-8-20(14-18)26(33)36-2/h3-16H,1-2H3,(H2,30,31,34)/b28-15+,29-16+. The Morgan fingerprint density at radius 3 is 1.55 bits per heavy atom. The van der Waals surface area contributed by atoms with E-state index in [0.717, 1.165) is 0 Å². The Kier molecular flexibility index (Phi) is 8.09. The highest BCUT2D eigenvalue weighted by Crippen LogP contribution is 2.24. The maximum absolute atomic E-state index is 11.9. The minimum absolute atomic E-state index is 0.381. The molecule has 11 heteroatoms. The Morgan fingerprint density at radius 1 is 0.684 bits per heavy atom. The number of hydrogen-bond donors (Lipinski definition) is 2. The summed E-state index contributed by atoms with van der Waals surface area (Å²) in [5.41, 5.74) is 6.69. The van der Waals surface area contributed by atoms with Crippen LogP contribution >= 0.6 is 0 Å². The van der Waals surface area contributed by atoms with Gasteiger partial charge in [-0.1, -0.05) is 24.3 Å². The number of rotatable bonds is 8. The zero-order valence-electron chi connectivity index (χ0n) is 20.3. The van der Waals surface area contributed by atoms with Crippen LogP contribution in [0.2, 0.25) is 0 Å². The summed E-state index contributed by atoms with van der Waals surface area (Å²) in [6.45, 7) is 0. The van der Waals surface area contributed by atoms with Gasteiger partial charge >= 0.3 is 18.0 Å². The fourth-order valence-corrected chi connectivity index (χ4v) is 3.32. The van der Waals surface area contributed by atoms with Crippen molar-refractivity contribution in [2.45, 2.75) is 0 Å². The Morgan fingerprint density at radius 2 is 1.13 bits per heavy atom. The monoisotopic (exact) mass is 514 g/mol. The van der Waals surface area contributed by atoms with E-state index in [9.17, 15) is 14.4 Å². The fourth-order valence-electron chi connectivity index (χ4n) is 3.32. The van der Waals surface area contributed by atoms with Crippen molar-refractivity contribution in [3.05, 3.63) is 95.4 Å². The van der Waals surface area contributed by atoms with Crippen LogP contribution in [0.15, 0.2) is 91.8 Å². The van der Waals surface area contributed by atoms with Crippen LogP contribution in [-0.2, 0) is 9.47 Å². The molecule has 0 spiro atoms. The van der Waals surface area contributed by atoms with Crippen molar-refractivity contribution in [2.75, 3.05) is 14.2 Å². The molecule has 4 aromatic rings. The van der Waals surface area contributed by atoms with Crippen molar-refractivity contribution in [1.82, 2.24) is 10.9 Å². The molecule has 2 heterocycles. The zero-order valence-corrected chi connectivity index (χ0v) is 20.3. The highest BCUT2D eigenvalue weighted by atomic mass is 16.5. The number of ether oxygens (including phenoxy) is 2. The van der Waals surface area contributed by atoms with Gasteiger partial charge < -0.3 is 18.3 Å². The van der Waals surface area contributed by atoms with Crippen LogP contribution in [0.5, 0.6) is 0 Å². The molecule has 192 valence electrons. The largest absolute Gasteiger partial charge is 0.465 e. The van der Waals surface area contributed by atoms with Gasteiger partial charge in [0.1, 0.15) is 23.0 Å². The van der Waals surface area contributed by atoms with Crippen molar-refractivity contribution in [1.29, 1.82) is 0 Å². The number of furan rings is 2. The molecule has 0 saturated heterocycles. The Hall–Kier alpha value is -5.45. The maximum atomic E-state index is 11.9. The quantitative estimate of drug-likeness (QED) is 0.201. The summed E-state index contributed by atoms with van der Waals surface area (Å²) in [4.78, 5) is 35.4. The third-order valence-corrected chi connectivity index (χ3v) is 5.11. The molecule has 2 aromatic carbocycles. The molecule has 0 bridgehead atoms. The van der Waals surface area contributed by atoms with E-state index >= 15 is 0 Å². The lowest BCUT2D eigenvalue weighted by Crippen LogP contribution is -2.28. The SMILES string of the molecule is COC(=O)c1cccc(-c2ccc(/C=N/NC(=O)N/N=C/c3ccc(-c4cccc(C(=O)OC)c4)o3)o2)c1. The average Bonchev–Trinajstić information content (AvgIpc) is 3.62. The lowest BCUT2D eigenvalue weighted by Gasteiger charge is -2.01. The summed E-state index contributed by atoms with van der Waals surface area (Å²) < 4.78 is 20.8. The van der Waals surface area contributed by atoms with Crippen molar-refractivity contribution in [3.8, 4) is 22.6 Å². The highest BCUT2D eigenvalue weighted by Gasteiger charge is 2.10. The molecule has 0 aliphatic heterocycles.